The van der Waals surface area contributed by atoms with Crippen molar-refractivity contribution in [2.24, 2.45) is 0 Å². The number of hydroxylamine groups is 1. The molecular weight excluding hydrogens is 428 g/mol. The van der Waals surface area contributed by atoms with Crippen LogP contribution in [0.3, 0.4) is 0 Å². The standard InChI is InChI=1S/C17H18BrF2N3O4/c1-3-23-7-11(16(25)22-27-8-9(2)24)15(14(20)17(23)26)21-13-5-4-10(18)6-12(13)19/h4-7,9,21,24H,3,8H2,1-2H3,(H,22,25)/t9-/m1/s1. The van der Waals surface area contributed by atoms with E-state index in [0.29, 0.717) is 4.47 Å². The number of hydrogen-bond acceptors (Lipinski definition) is 5. The fourth-order valence-corrected chi connectivity index (χ4v) is 2.50. The third kappa shape index (κ3) is 5.12. The number of carbonyl (C=O) groups is 1. The van der Waals surface area contributed by atoms with Crippen molar-refractivity contribution in [3.05, 3.63) is 56.4 Å². The van der Waals surface area contributed by atoms with Crippen LogP contribution in [-0.2, 0) is 11.4 Å². The second kappa shape index (κ2) is 9.07. The molecular formula is C17H18BrF2N3O4. The van der Waals surface area contributed by atoms with Crippen molar-refractivity contribution in [2.45, 2.75) is 26.5 Å². The molecule has 0 spiro atoms. The molecule has 0 aliphatic rings. The minimum absolute atomic E-state index is 0.121. The van der Waals surface area contributed by atoms with E-state index in [1.54, 1.807) is 6.92 Å². The van der Waals surface area contributed by atoms with Crippen molar-refractivity contribution in [3.8, 4) is 0 Å². The first-order chi connectivity index (χ1) is 12.7. The first-order valence-electron chi connectivity index (χ1n) is 7.99. The summed E-state index contributed by atoms with van der Waals surface area (Å²) in [4.78, 5) is 29.3. The maximum Gasteiger partial charge on any atom is 0.288 e. The van der Waals surface area contributed by atoms with Crippen LogP contribution >= 0.6 is 15.9 Å². The number of rotatable bonds is 7. The zero-order valence-electron chi connectivity index (χ0n) is 14.6. The number of aromatic nitrogens is 1. The molecule has 1 aromatic carbocycles. The van der Waals surface area contributed by atoms with Crippen molar-refractivity contribution in [3.63, 3.8) is 0 Å². The van der Waals surface area contributed by atoms with Gasteiger partial charge in [-0.25, -0.2) is 9.87 Å². The van der Waals surface area contributed by atoms with Gasteiger partial charge in [0.15, 0.2) is 0 Å². The lowest BCUT2D eigenvalue weighted by Gasteiger charge is -2.16. The quantitative estimate of drug-likeness (QED) is 0.569. The molecule has 0 unspecified atom stereocenters. The van der Waals surface area contributed by atoms with Crippen molar-refractivity contribution >= 4 is 33.2 Å². The maximum atomic E-state index is 14.6. The summed E-state index contributed by atoms with van der Waals surface area (Å²) >= 11 is 3.11. The zero-order chi connectivity index (χ0) is 20.1. The molecule has 1 atom stereocenters. The highest BCUT2D eigenvalue weighted by Crippen LogP contribution is 2.26. The van der Waals surface area contributed by atoms with Crippen LogP contribution in [0.1, 0.15) is 24.2 Å². The number of anilines is 2. The van der Waals surface area contributed by atoms with E-state index in [2.05, 4.69) is 26.7 Å². The Bertz CT molecular complexity index is 902. The normalized spacial score (nSPS) is 11.9. The van der Waals surface area contributed by atoms with E-state index in [0.717, 1.165) is 16.8 Å². The number of hydrogen-bond donors (Lipinski definition) is 3. The minimum Gasteiger partial charge on any atom is -0.391 e. The third-order valence-corrected chi connectivity index (χ3v) is 3.98. The number of carbonyl (C=O) groups excluding carboxylic acids is 1. The van der Waals surface area contributed by atoms with Gasteiger partial charge in [-0.15, -0.1) is 0 Å². The first kappa shape index (κ1) is 21.0. The molecule has 0 aliphatic carbocycles. The SMILES string of the molecule is CCn1cc(C(=O)NOC[C@@H](C)O)c(Nc2ccc(Br)cc2F)c(F)c1=O. The number of nitrogens with one attached hydrogen (secondary N) is 2. The highest BCUT2D eigenvalue weighted by Gasteiger charge is 2.22. The summed E-state index contributed by atoms with van der Waals surface area (Å²) in [5.41, 5.74) is 0.232. The second-order valence-corrected chi connectivity index (χ2v) is 6.58. The van der Waals surface area contributed by atoms with E-state index < -0.39 is 34.9 Å². The van der Waals surface area contributed by atoms with E-state index in [4.69, 9.17) is 9.94 Å². The predicted octanol–water partition coefficient (Wildman–Crippen LogP) is 2.69. The van der Waals surface area contributed by atoms with Gasteiger partial charge in [0.25, 0.3) is 11.5 Å². The van der Waals surface area contributed by atoms with Crippen LogP contribution in [0.2, 0.25) is 0 Å². The van der Waals surface area contributed by atoms with Gasteiger partial charge in [-0.1, -0.05) is 15.9 Å². The van der Waals surface area contributed by atoms with Gasteiger partial charge in [0.1, 0.15) is 12.4 Å². The lowest BCUT2D eigenvalue weighted by molar-refractivity contribution is -0.00688. The van der Waals surface area contributed by atoms with Gasteiger partial charge in [-0.05, 0) is 32.0 Å². The molecule has 2 rings (SSSR count). The maximum absolute atomic E-state index is 14.6. The number of halogens is 3. The average Bonchev–Trinajstić information content (AvgIpc) is 2.60. The molecule has 1 heterocycles. The number of aliphatic hydroxyl groups excluding tert-OH is 1. The number of nitrogens with zero attached hydrogens (tertiary/aromatic N) is 1. The topological polar surface area (TPSA) is 92.6 Å². The van der Waals surface area contributed by atoms with Gasteiger partial charge in [-0.2, -0.15) is 4.39 Å². The van der Waals surface area contributed by atoms with Crippen LogP contribution in [-0.4, -0.2) is 28.3 Å². The molecule has 0 fully saturated rings. The Morgan fingerprint density at radius 2 is 2.11 bits per heavy atom. The summed E-state index contributed by atoms with van der Waals surface area (Å²) in [5, 5.41) is 11.6. The number of benzene rings is 1. The molecule has 0 saturated heterocycles. The summed E-state index contributed by atoms with van der Waals surface area (Å²) in [6.45, 7) is 2.99. The average molecular weight is 446 g/mol. The molecule has 10 heteroatoms. The molecule has 0 saturated carbocycles. The number of aliphatic hydroxyl groups is 1. The van der Waals surface area contributed by atoms with E-state index >= 15 is 0 Å². The van der Waals surface area contributed by atoms with E-state index in [9.17, 15) is 18.4 Å². The summed E-state index contributed by atoms with van der Waals surface area (Å²) < 4.78 is 30.2. The van der Waals surface area contributed by atoms with Crippen LogP contribution in [0.4, 0.5) is 20.2 Å². The Labute approximate surface area is 162 Å². The van der Waals surface area contributed by atoms with Crippen molar-refractivity contribution in [1.82, 2.24) is 10.0 Å². The van der Waals surface area contributed by atoms with Gasteiger partial charge >= 0.3 is 0 Å². The molecule has 0 radical (unpaired) electrons. The van der Waals surface area contributed by atoms with Crippen LogP contribution in [0.25, 0.3) is 0 Å². The second-order valence-electron chi connectivity index (χ2n) is 5.66. The van der Waals surface area contributed by atoms with Gasteiger partial charge in [0.05, 0.1) is 23.0 Å². The highest BCUT2D eigenvalue weighted by molar-refractivity contribution is 9.10. The van der Waals surface area contributed by atoms with E-state index in [-0.39, 0.29) is 24.4 Å². The van der Waals surface area contributed by atoms with Crippen LogP contribution in [0.5, 0.6) is 0 Å². The molecule has 146 valence electrons. The molecule has 3 N–H and O–H groups in total. The largest absolute Gasteiger partial charge is 0.391 e. The van der Waals surface area contributed by atoms with Crippen molar-refractivity contribution < 1.29 is 23.5 Å². The molecule has 7 nitrogen and oxygen atoms in total. The van der Waals surface area contributed by atoms with Crippen LogP contribution < -0.4 is 16.4 Å². The molecule has 2 aromatic rings. The number of amides is 1. The van der Waals surface area contributed by atoms with Gasteiger partial charge in [0.2, 0.25) is 5.82 Å². The molecule has 1 amide bonds. The number of pyridine rings is 1. The highest BCUT2D eigenvalue weighted by atomic mass is 79.9. The lowest BCUT2D eigenvalue weighted by Crippen LogP contribution is -2.31. The van der Waals surface area contributed by atoms with Crippen molar-refractivity contribution in [2.75, 3.05) is 11.9 Å². The third-order valence-electron chi connectivity index (χ3n) is 3.49. The summed E-state index contributed by atoms with van der Waals surface area (Å²) in [7, 11) is 0. The molecule has 27 heavy (non-hydrogen) atoms. The van der Waals surface area contributed by atoms with Crippen LogP contribution in [0, 0.1) is 11.6 Å². The van der Waals surface area contributed by atoms with Crippen molar-refractivity contribution in [1.29, 1.82) is 0 Å². The van der Waals surface area contributed by atoms with Gasteiger partial charge in [-0.3, -0.25) is 14.4 Å². The monoisotopic (exact) mass is 445 g/mol. The fraction of sp³-hybridized carbons (Fsp3) is 0.294. The summed E-state index contributed by atoms with van der Waals surface area (Å²) in [5.74, 6) is -2.81. The lowest BCUT2D eigenvalue weighted by atomic mass is 10.2. The predicted molar refractivity (Wildman–Crippen MR) is 98.8 cm³/mol. The first-order valence-corrected chi connectivity index (χ1v) is 8.79. The Morgan fingerprint density at radius 1 is 1.41 bits per heavy atom. The zero-order valence-corrected chi connectivity index (χ0v) is 16.1. The van der Waals surface area contributed by atoms with Gasteiger partial charge in [0, 0.05) is 17.2 Å². The molecule has 0 aliphatic heterocycles. The summed E-state index contributed by atoms with van der Waals surface area (Å²) in [6, 6.07) is 4.00. The number of aryl methyl sites for hydroxylation is 1. The fourth-order valence-electron chi connectivity index (χ4n) is 2.17. The Kier molecular flexibility index (Phi) is 7.05. The summed E-state index contributed by atoms with van der Waals surface area (Å²) in [6.07, 6.45) is 0.312. The van der Waals surface area contributed by atoms with E-state index in [1.165, 1.54) is 19.1 Å². The van der Waals surface area contributed by atoms with E-state index in [1.807, 2.05) is 0 Å². The van der Waals surface area contributed by atoms with Crippen LogP contribution in [0.15, 0.2) is 33.7 Å². The minimum atomic E-state index is -1.23. The Balaban J connectivity index is 2.45. The Morgan fingerprint density at radius 3 is 2.70 bits per heavy atom. The molecule has 1 aromatic heterocycles. The Hall–Kier alpha value is -2.30. The molecule has 0 bridgehead atoms. The van der Waals surface area contributed by atoms with Gasteiger partial charge < -0.3 is 15.0 Å². The smallest absolute Gasteiger partial charge is 0.288 e.